The molecule has 0 fully saturated rings. The molecular formula is C25H27N3O6. The van der Waals surface area contributed by atoms with Gasteiger partial charge < -0.3 is 19.2 Å². The molecule has 0 aliphatic carbocycles. The van der Waals surface area contributed by atoms with Crippen LogP contribution in [0.15, 0.2) is 48.7 Å². The third-order valence-electron chi connectivity index (χ3n) is 5.51. The van der Waals surface area contributed by atoms with Gasteiger partial charge in [-0.15, -0.1) is 0 Å². The number of carbonyl (C=O) groups is 3. The number of aromatic nitrogens is 1. The number of hydrogen-bond acceptors (Lipinski definition) is 6. The van der Waals surface area contributed by atoms with Crippen molar-refractivity contribution in [1.29, 1.82) is 0 Å². The first-order valence-electron chi connectivity index (χ1n) is 10.9. The monoisotopic (exact) mass is 465 g/mol. The SMILES string of the molecule is CCOC(=O)NC1(c2c[nH]c3ccccc23)C(=O)N(C(=O)OC(C)(C)C)c2ccc(OC)cc21. The van der Waals surface area contributed by atoms with Gasteiger partial charge in [0.1, 0.15) is 11.4 Å². The Kier molecular flexibility index (Phi) is 5.72. The van der Waals surface area contributed by atoms with Crippen LogP contribution in [0.2, 0.25) is 0 Å². The number of aromatic amines is 1. The van der Waals surface area contributed by atoms with E-state index in [1.165, 1.54) is 7.11 Å². The van der Waals surface area contributed by atoms with E-state index in [4.69, 9.17) is 14.2 Å². The van der Waals surface area contributed by atoms with Gasteiger partial charge >= 0.3 is 12.2 Å². The quantitative estimate of drug-likeness (QED) is 0.589. The van der Waals surface area contributed by atoms with Crippen LogP contribution in [-0.2, 0) is 19.8 Å². The van der Waals surface area contributed by atoms with Crippen LogP contribution in [0.4, 0.5) is 15.3 Å². The molecule has 9 nitrogen and oxygen atoms in total. The summed E-state index contributed by atoms with van der Waals surface area (Å²) in [5, 5.41) is 3.46. The zero-order chi connectivity index (χ0) is 24.7. The Labute approximate surface area is 197 Å². The molecular weight excluding hydrogens is 438 g/mol. The number of para-hydroxylation sites is 1. The van der Waals surface area contributed by atoms with Crippen molar-refractivity contribution in [2.45, 2.75) is 38.8 Å². The zero-order valence-corrected chi connectivity index (χ0v) is 19.7. The lowest BCUT2D eigenvalue weighted by molar-refractivity contribution is -0.122. The lowest BCUT2D eigenvalue weighted by Gasteiger charge is -2.30. The summed E-state index contributed by atoms with van der Waals surface area (Å²) in [5.41, 5.74) is -0.753. The molecule has 9 heteroatoms. The number of rotatable bonds is 4. The van der Waals surface area contributed by atoms with E-state index in [9.17, 15) is 14.4 Å². The average Bonchev–Trinajstić information content (AvgIpc) is 3.30. The van der Waals surface area contributed by atoms with E-state index < -0.39 is 29.2 Å². The minimum absolute atomic E-state index is 0.102. The van der Waals surface area contributed by atoms with E-state index in [0.29, 0.717) is 22.3 Å². The van der Waals surface area contributed by atoms with Crippen LogP contribution < -0.4 is 15.0 Å². The van der Waals surface area contributed by atoms with E-state index in [-0.39, 0.29) is 12.3 Å². The molecule has 3 aromatic rings. The maximum absolute atomic E-state index is 14.2. The van der Waals surface area contributed by atoms with Crippen molar-refractivity contribution in [2.24, 2.45) is 0 Å². The number of imide groups is 1. The van der Waals surface area contributed by atoms with Gasteiger partial charge in [0.2, 0.25) is 0 Å². The number of H-pyrrole nitrogens is 1. The number of ether oxygens (including phenoxy) is 3. The first-order valence-corrected chi connectivity index (χ1v) is 10.9. The molecule has 2 aromatic carbocycles. The van der Waals surface area contributed by atoms with Gasteiger partial charge in [-0.3, -0.25) is 10.1 Å². The number of nitrogens with zero attached hydrogens (tertiary/aromatic N) is 1. The molecule has 1 atom stereocenters. The molecule has 2 N–H and O–H groups in total. The highest BCUT2D eigenvalue weighted by Gasteiger charge is 2.57. The highest BCUT2D eigenvalue weighted by atomic mass is 16.6. The highest BCUT2D eigenvalue weighted by molar-refractivity contribution is 6.24. The summed E-state index contributed by atoms with van der Waals surface area (Å²) in [6, 6.07) is 12.2. The Hall–Kier alpha value is -4.01. The number of benzene rings is 2. The first kappa shape index (κ1) is 23.2. The second-order valence-corrected chi connectivity index (χ2v) is 8.85. The predicted molar refractivity (Wildman–Crippen MR) is 126 cm³/mol. The number of methoxy groups -OCH3 is 1. The Morgan fingerprint density at radius 2 is 1.85 bits per heavy atom. The minimum atomic E-state index is -1.77. The normalized spacial score (nSPS) is 17.4. The van der Waals surface area contributed by atoms with E-state index in [1.54, 1.807) is 52.1 Å². The van der Waals surface area contributed by atoms with Crippen molar-refractivity contribution in [2.75, 3.05) is 18.6 Å². The maximum atomic E-state index is 14.2. The van der Waals surface area contributed by atoms with E-state index >= 15 is 0 Å². The Morgan fingerprint density at radius 3 is 2.53 bits per heavy atom. The van der Waals surface area contributed by atoms with E-state index in [1.807, 2.05) is 24.3 Å². The topological polar surface area (TPSA) is 110 Å². The van der Waals surface area contributed by atoms with Gasteiger partial charge in [0, 0.05) is 28.2 Å². The largest absolute Gasteiger partial charge is 0.497 e. The Morgan fingerprint density at radius 1 is 1.12 bits per heavy atom. The maximum Gasteiger partial charge on any atom is 0.421 e. The third-order valence-corrected chi connectivity index (χ3v) is 5.51. The van der Waals surface area contributed by atoms with E-state index in [0.717, 1.165) is 10.4 Å². The van der Waals surface area contributed by atoms with Gasteiger partial charge in [-0.05, 0) is 52.0 Å². The fourth-order valence-electron chi connectivity index (χ4n) is 4.17. The van der Waals surface area contributed by atoms with Gasteiger partial charge in [0.15, 0.2) is 5.54 Å². The number of hydrogen-bond donors (Lipinski definition) is 2. The summed E-state index contributed by atoms with van der Waals surface area (Å²) in [6.45, 7) is 6.90. The predicted octanol–water partition coefficient (Wildman–Crippen LogP) is 4.45. The second-order valence-electron chi connectivity index (χ2n) is 8.85. The van der Waals surface area contributed by atoms with Crippen LogP contribution in [-0.4, -0.2) is 42.4 Å². The van der Waals surface area contributed by atoms with Crippen molar-refractivity contribution < 1.29 is 28.6 Å². The van der Waals surface area contributed by atoms with Crippen molar-refractivity contribution in [3.63, 3.8) is 0 Å². The van der Waals surface area contributed by atoms with Crippen LogP contribution in [0.25, 0.3) is 10.9 Å². The fourth-order valence-corrected chi connectivity index (χ4v) is 4.17. The van der Waals surface area contributed by atoms with E-state index in [2.05, 4.69) is 10.3 Å². The summed E-state index contributed by atoms with van der Waals surface area (Å²) < 4.78 is 16.1. The molecule has 0 saturated carbocycles. The molecule has 178 valence electrons. The van der Waals surface area contributed by atoms with Crippen LogP contribution in [0, 0.1) is 0 Å². The molecule has 2 heterocycles. The zero-order valence-electron chi connectivity index (χ0n) is 19.7. The Bertz CT molecular complexity index is 1280. The smallest absolute Gasteiger partial charge is 0.421 e. The second kappa shape index (κ2) is 8.40. The fraction of sp³-hybridized carbons (Fsp3) is 0.320. The molecule has 0 bridgehead atoms. The van der Waals surface area contributed by atoms with Crippen molar-refractivity contribution >= 4 is 34.7 Å². The summed E-state index contributed by atoms with van der Waals surface area (Å²) >= 11 is 0. The van der Waals surface area contributed by atoms with Crippen molar-refractivity contribution in [3.05, 3.63) is 59.8 Å². The van der Waals surface area contributed by atoms with Gasteiger partial charge in [0.25, 0.3) is 5.91 Å². The molecule has 0 saturated heterocycles. The number of alkyl carbamates (subject to hydrolysis) is 1. The molecule has 3 amide bonds. The first-order chi connectivity index (χ1) is 16.1. The van der Waals surface area contributed by atoms with Gasteiger partial charge in [0.05, 0.1) is 19.4 Å². The Balaban J connectivity index is 2.01. The standard InChI is InChI=1S/C25H27N3O6/c1-6-33-22(30)27-25(18-14-26-19-10-8-7-9-16(18)19)17-13-15(32-5)11-12-20(17)28(21(25)29)23(31)34-24(2,3)4/h7-14,26H,6H2,1-5H3,(H,27,30). The number of fused-ring (bicyclic) bond motifs is 2. The molecule has 34 heavy (non-hydrogen) atoms. The molecule has 4 rings (SSSR count). The van der Waals surface area contributed by atoms with Crippen molar-refractivity contribution in [3.8, 4) is 5.75 Å². The summed E-state index contributed by atoms with van der Waals surface area (Å²) in [5.74, 6) is -0.240. The lowest BCUT2D eigenvalue weighted by atomic mass is 9.83. The van der Waals surface area contributed by atoms with Gasteiger partial charge in [-0.1, -0.05) is 18.2 Å². The molecule has 0 spiro atoms. The average molecular weight is 466 g/mol. The molecule has 0 radical (unpaired) electrons. The highest BCUT2D eigenvalue weighted by Crippen LogP contribution is 2.48. The van der Waals surface area contributed by atoms with Crippen LogP contribution >= 0.6 is 0 Å². The van der Waals surface area contributed by atoms with Gasteiger partial charge in [-0.25, -0.2) is 14.5 Å². The molecule has 1 aliphatic heterocycles. The van der Waals surface area contributed by atoms with Crippen LogP contribution in [0.5, 0.6) is 5.75 Å². The van der Waals surface area contributed by atoms with Crippen LogP contribution in [0.1, 0.15) is 38.8 Å². The van der Waals surface area contributed by atoms with Crippen LogP contribution in [0.3, 0.4) is 0 Å². The summed E-state index contributed by atoms with van der Waals surface area (Å²) in [4.78, 5) is 44.3. The summed E-state index contributed by atoms with van der Waals surface area (Å²) in [7, 11) is 1.50. The number of amides is 3. The molecule has 1 unspecified atom stereocenters. The van der Waals surface area contributed by atoms with Crippen molar-refractivity contribution in [1.82, 2.24) is 10.3 Å². The number of carbonyl (C=O) groups excluding carboxylic acids is 3. The molecule has 1 aromatic heterocycles. The third kappa shape index (κ3) is 3.72. The lowest BCUT2D eigenvalue weighted by Crippen LogP contribution is -2.55. The minimum Gasteiger partial charge on any atom is -0.497 e. The van der Waals surface area contributed by atoms with Gasteiger partial charge in [-0.2, -0.15) is 0 Å². The number of anilines is 1. The number of nitrogens with one attached hydrogen (secondary N) is 2. The summed E-state index contributed by atoms with van der Waals surface area (Å²) in [6.07, 6.45) is -0.00590. The molecule has 1 aliphatic rings.